The topological polar surface area (TPSA) is 87.0 Å². The van der Waals surface area contributed by atoms with Crippen LogP contribution in [0, 0.1) is 5.82 Å². The Hall–Kier alpha value is -2.56. The molecule has 0 saturated heterocycles. The third-order valence-corrected chi connectivity index (χ3v) is 6.60. The van der Waals surface area contributed by atoms with Gasteiger partial charge in [0.2, 0.25) is 4.80 Å². The summed E-state index contributed by atoms with van der Waals surface area (Å²) in [6, 6.07) is 9.49. The molecule has 1 heterocycles. The lowest BCUT2D eigenvalue weighted by Crippen LogP contribution is -2.20. The maximum atomic E-state index is 13.2. The van der Waals surface area contributed by atoms with Gasteiger partial charge in [-0.3, -0.25) is 0 Å². The number of esters is 1. The van der Waals surface area contributed by atoms with Crippen molar-refractivity contribution >= 4 is 37.5 Å². The first-order chi connectivity index (χ1) is 14.4. The Balaban J connectivity index is 2.13. The van der Waals surface area contributed by atoms with E-state index in [4.69, 9.17) is 9.47 Å². The van der Waals surface area contributed by atoms with E-state index in [1.165, 1.54) is 12.1 Å². The first kappa shape index (κ1) is 22.1. The maximum Gasteiger partial charge on any atom is 0.338 e. The van der Waals surface area contributed by atoms with E-state index in [0.717, 1.165) is 29.0 Å². The number of ether oxygens (including phenoxy) is 2. The number of carbonyl (C=O) groups excluding carboxylic acids is 1. The number of rotatable bonds is 8. The molecule has 3 aromatic rings. The monoisotopic (exact) mass is 452 g/mol. The summed E-state index contributed by atoms with van der Waals surface area (Å²) in [7, 11) is -4.05. The van der Waals surface area contributed by atoms with Crippen molar-refractivity contribution in [3.8, 4) is 0 Å². The minimum atomic E-state index is -4.05. The summed E-state index contributed by atoms with van der Waals surface area (Å²) in [4.78, 5) is 12.2. The van der Waals surface area contributed by atoms with E-state index in [2.05, 4.69) is 4.40 Å². The zero-order chi connectivity index (χ0) is 21.7. The van der Waals surface area contributed by atoms with Crippen LogP contribution in [0.5, 0.6) is 0 Å². The third-order valence-electron chi connectivity index (χ3n) is 4.17. The fraction of sp³-hybridized carbons (Fsp3) is 0.300. The molecule has 0 amide bonds. The highest BCUT2D eigenvalue weighted by Gasteiger charge is 2.16. The number of hydrogen-bond acceptors (Lipinski definition) is 6. The minimum Gasteiger partial charge on any atom is -0.462 e. The van der Waals surface area contributed by atoms with Crippen molar-refractivity contribution in [2.24, 2.45) is 4.40 Å². The lowest BCUT2D eigenvalue weighted by Gasteiger charge is -2.06. The van der Waals surface area contributed by atoms with Gasteiger partial charge in [-0.05, 0) is 56.3 Å². The van der Waals surface area contributed by atoms with Crippen LogP contribution in [0.4, 0.5) is 4.39 Å². The normalized spacial score (nSPS) is 12.4. The van der Waals surface area contributed by atoms with E-state index in [9.17, 15) is 17.6 Å². The van der Waals surface area contributed by atoms with E-state index in [1.54, 1.807) is 29.7 Å². The van der Waals surface area contributed by atoms with Crippen molar-refractivity contribution in [1.82, 2.24) is 4.57 Å². The Morgan fingerprint density at radius 2 is 1.87 bits per heavy atom. The first-order valence-corrected chi connectivity index (χ1v) is 11.6. The molecular weight excluding hydrogens is 431 g/mol. The van der Waals surface area contributed by atoms with Crippen LogP contribution < -0.4 is 4.80 Å². The van der Waals surface area contributed by atoms with Gasteiger partial charge in [-0.15, -0.1) is 4.40 Å². The van der Waals surface area contributed by atoms with Crippen molar-refractivity contribution < 1.29 is 27.1 Å². The molecule has 0 spiro atoms. The van der Waals surface area contributed by atoms with Crippen molar-refractivity contribution in [3.63, 3.8) is 0 Å². The molecule has 0 unspecified atom stereocenters. The molecule has 7 nitrogen and oxygen atoms in total. The van der Waals surface area contributed by atoms with Crippen LogP contribution in [-0.2, 0) is 26.0 Å². The van der Waals surface area contributed by atoms with E-state index >= 15 is 0 Å². The molecule has 0 fully saturated rings. The third kappa shape index (κ3) is 4.94. The molecule has 160 valence electrons. The van der Waals surface area contributed by atoms with Crippen LogP contribution in [0.1, 0.15) is 24.2 Å². The largest absolute Gasteiger partial charge is 0.462 e. The van der Waals surface area contributed by atoms with Gasteiger partial charge >= 0.3 is 5.97 Å². The number of halogens is 1. The van der Waals surface area contributed by atoms with Gasteiger partial charge < -0.3 is 14.0 Å². The number of sulfonamides is 1. The van der Waals surface area contributed by atoms with Gasteiger partial charge in [-0.25, -0.2) is 9.18 Å². The number of benzene rings is 2. The molecular formula is C20H21FN2O5S2. The van der Waals surface area contributed by atoms with Gasteiger partial charge in [0, 0.05) is 13.2 Å². The van der Waals surface area contributed by atoms with Crippen LogP contribution in [0.2, 0.25) is 0 Å². The second-order valence-electron chi connectivity index (χ2n) is 6.16. The molecule has 0 aliphatic rings. The zero-order valence-electron chi connectivity index (χ0n) is 16.5. The summed E-state index contributed by atoms with van der Waals surface area (Å²) in [5.41, 5.74) is 1.09. The van der Waals surface area contributed by atoms with Crippen LogP contribution in [0.3, 0.4) is 0 Å². The SMILES string of the molecule is CCOCCn1/c(=N/S(=O)(=O)c2ccc(F)cc2)sc2cc(C(=O)OCC)ccc21. The lowest BCUT2D eigenvalue weighted by atomic mass is 10.2. The van der Waals surface area contributed by atoms with Crippen LogP contribution in [-0.4, -0.2) is 38.8 Å². The number of carbonyl (C=O) groups is 1. The number of hydrogen-bond donors (Lipinski definition) is 0. The van der Waals surface area contributed by atoms with Gasteiger partial charge in [0.1, 0.15) is 5.82 Å². The molecule has 10 heteroatoms. The van der Waals surface area contributed by atoms with Gasteiger partial charge in [0.15, 0.2) is 0 Å². The van der Waals surface area contributed by atoms with Gasteiger partial charge in [-0.2, -0.15) is 8.42 Å². The molecule has 0 N–H and O–H groups in total. The van der Waals surface area contributed by atoms with E-state index in [0.29, 0.717) is 30.0 Å². The standard InChI is InChI=1S/C20H21FN2O5S2/c1-3-27-12-11-23-17-10-5-14(19(24)28-4-2)13-18(17)29-20(23)22-30(25,26)16-8-6-15(21)7-9-16/h5-10,13H,3-4,11-12H2,1-2H3/b22-20-. The van der Waals surface area contributed by atoms with Gasteiger partial charge in [0.05, 0.1) is 33.9 Å². The van der Waals surface area contributed by atoms with Crippen molar-refractivity contribution in [2.45, 2.75) is 25.3 Å². The van der Waals surface area contributed by atoms with E-state index in [1.807, 2.05) is 6.92 Å². The average Bonchev–Trinajstić information content (AvgIpc) is 3.04. The smallest absolute Gasteiger partial charge is 0.338 e. The van der Waals surface area contributed by atoms with Crippen LogP contribution >= 0.6 is 11.3 Å². The molecule has 3 rings (SSSR count). The van der Waals surface area contributed by atoms with Crippen LogP contribution in [0.25, 0.3) is 10.2 Å². The summed E-state index contributed by atoms with van der Waals surface area (Å²) >= 11 is 1.14. The molecule has 0 atom stereocenters. The lowest BCUT2D eigenvalue weighted by molar-refractivity contribution is 0.0526. The van der Waals surface area contributed by atoms with Crippen LogP contribution in [0.15, 0.2) is 51.8 Å². The zero-order valence-corrected chi connectivity index (χ0v) is 18.1. The number of thiazole rings is 1. The molecule has 1 aromatic heterocycles. The highest BCUT2D eigenvalue weighted by atomic mass is 32.2. The van der Waals surface area contributed by atoms with E-state index < -0.39 is 21.8 Å². The Morgan fingerprint density at radius 1 is 1.13 bits per heavy atom. The molecule has 0 saturated carbocycles. The Kier molecular flexibility index (Phi) is 7.01. The molecule has 30 heavy (non-hydrogen) atoms. The van der Waals surface area contributed by atoms with Gasteiger partial charge in [-0.1, -0.05) is 11.3 Å². The summed E-state index contributed by atoms with van der Waals surface area (Å²) in [6.45, 7) is 5.12. The number of fused-ring (bicyclic) bond motifs is 1. The fourth-order valence-corrected chi connectivity index (χ4v) is 5.06. The van der Waals surface area contributed by atoms with Crippen molar-refractivity contribution in [3.05, 3.63) is 58.6 Å². The predicted octanol–water partition coefficient (Wildman–Crippen LogP) is 3.34. The second kappa shape index (κ2) is 9.50. The highest BCUT2D eigenvalue weighted by Crippen LogP contribution is 2.21. The van der Waals surface area contributed by atoms with Gasteiger partial charge in [0.25, 0.3) is 10.0 Å². The number of nitrogens with zero attached hydrogens (tertiary/aromatic N) is 2. The summed E-state index contributed by atoms with van der Waals surface area (Å²) in [5, 5.41) is 0. The molecule has 0 radical (unpaired) electrons. The molecule has 0 aliphatic heterocycles. The van der Waals surface area contributed by atoms with Crippen molar-refractivity contribution in [1.29, 1.82) is 0 Å². The first-order valence-electron chi connectivity index (χ1n) is 9.30. The summed E-state index contributed by atoms with van der Waals surface area (Å²) in [5.74, 6) is -0.986. The second-order valence-corrected chi connectivity index (χ2v) is 8.77. The predicted molar refractivity (Wildman–Crippen MR) is 111 cm³/mol. The molecule has 2 aromatic carbocycles. The number of aromatic nitrogens is 1. The highest BCUT2D eigenvalue weighted by molar-refractivity contribution is 7.90. The minimum absolute atomic E-state index is 0.107. The molecule has 0 bridgehead atoms. The maximum absolute atomic E-state index is 13.2. The Bertz CT molecular complexity index is 1210. The Labute approximate surface area is 177 Å². The van der Waals surface area contributed by atoms with E-state index in [-0.39, 0.29) is 16.3 Å². The fourth-order valence-electron chi connectivity index (χ4n) is 2.76. The summed E-state index contributed by atoms with van der Waals surface area (Å²) < 4.78 is 55.4. The Morgan fingerprint density at radius 3 is 2.53 bits per heavy atom. The van der Waals surface area contributed by atoms with Crippen molar-refractivity contribution in [2.75, 3.05) is 19.8 Å². The quantitative estimate of drug-likeness (QED) is 0.386. The average molecular weight is 453 g/mol. The molecule has 0 aliphatic carbocycles. The summed E-state index contributed by atoms with van der Waals surface area (Å²) in [6.07, 6.45) is 0.